The topological polar surface area (TPSA) is 66.9 Å². The van der Waals surface area contributed by atoms with Crippen LogP contribution in [0.1, 0.15) is 32.3 Å². The summed E-state index contributed by atoms with van der Waals surface area (Å²) in [5, 5.41) is 0. The van der Waals surface area contributed by atoms with E-state index in [1.165, 1.54) is 18.1 Å². The number of hydrogen-bond acceptors (Lipinski definition) is 4. The number of esters is 1. The minimum absolute atomic E-state index is 0.0760. The summed E-state index contributed by atoms with van der Waals surface area (Å²) < 4.78 is 4.63. The van der Waals surface area contributed by atoms with Crippen molar-refractivity contribution in [2.24, 2.45) is 0 Å². The molecule has 2 rings (SSSR count). The van der Waals surface area contributed by atoms with Crippen molar-refractivity contribution in [2.75, 3.05) is 25.1 Å². The van der Waals surface area contributed by atoms with Gasteiger partial charge >= 0.3 is 5.97 Å². The number of anilines is 1. The first-order chi connectivity index (χ1) is 11.9. The molecule has 6 nitrogen and oxygen atoms in total. The molecule has 0 atom stereocenters. The number of rotatable bonds is 6. The Morgan fingerprint density at radius 2 is 1.96 bits per heavy atom. The lowest BCUT2D eigenvalue weighted by Gasteiger charge is -2.24. The second-order valence-electron chi connectivity index (χ2n) is 6.21. The van der Waals surface area contributed by atoms with Gasteiger partial charge < -0.3 is 14.5 Å². The van der Waals surface area contributed by atoms with Gasteiger partial charge in [0.2, 0.25) is 11.8 Å². The Hall–Kier alpha value is -2.63. The zero-order chi connectivity index (χ0) is 18.4. The van der Waals surface area contributed by atoms with E-state index in [1.807, 2.05) is 38.1 Å². The Kier molecular flexibility index (Phi) is 6.33. The molecule has 1 fully saturated rings. The van der Waals surface area contributed by atoms with Gasteiger partial charge in [0, 0.05) is 30.8 Å². The summed E-state index contributed by atoms with van der Waals surface area (Å²) in [6.07, 6.45) is 4.63. The van der Waals surface area contributed by atoms with Crippen LogP contribution in [0.15, 0.2) is 30.3 Å². The van der Waals surface area contributed by atoms with Crippen molar-refractivity contribution in [1.82, 2.24) is 4.90 Å². The Balaban J connectivity index is 2.03. The molecule has 0 aromatic heterocycles. The molecule has 1 saturated heterocycles. The Labute approximate surface area is 148 Å². The van der Waals surface area contributed by atoms with Crippen molar-refractivity contribution in [2.45, 2.75) is 32.7 Å². The average Bonchev–Trinajstić information content (AvgIpc) is 3.03. The summed E-state index contributed by atoms with van der Waals surface area (Å²) in [7, 11) is 1.30. The summed E-state index contributed by atoms with van der Waals surface area (Å²) in [6, 6.07) is 7.37. The lowest BCUT2D eigenvalue weighted by atomic mass is 10.1. The molecule has 0 radical (unpaired) electrons. The zero-order valence-corrected chi connectivity index (χ0v) is 14.9. The van der Waals surface area contributed by atoms with Crippen molar-refractivity contribution in [3.63, 3.8) is 0 Å². The van der Waals surface area contributed by atoms with Crippen molar-refractivity contribution in [3.8, 4) is 0 Å². The van der Waals surface area contributed by atoms with Crippen LogP contribution in [-0.4, -0.2) is 48.9 Å². The summed E-state index contributed by atoms with van der Waals surface area (Å²) in [5.74, 6) is -0.553. The minimum Gasteiger partial charge on any atom is -0.468 e. The number of methoxy groups -OCH3 is 1. The largest absolute Gasteiger partial charge is 0.468 e. The molecule has 1 aromatic rings. The van der Waals surface area contributed by atoms with Gasteiger partial charge in [0.25, 0.3) is 0 Å². The van der Waals surface area contributed by atoms with Gasteiger partial charge in [-0.15, -0.1) is 0 Å². The van der Waals surface area contributed by atoms with Crippen LogP contribution >= 0.6 is 0 Å². The Morgan fingerprint density at radius 1 is 1.28 bits per heavy atom. The molecule has 0 spiro atoms. The number of benzene rings is 1. The highest BCUT2D eigenvalue weighted by Crippen LogP contribution is 2.21. The molecule has 0 aliphatic carbocycles. The van der Waals surface area contributed by atoms with Crippen LogP contribution < -0.4 is 4.90 Å². The maximum Gasteiger partial charge on any atom is 0.325 e. The first-order valence-electron chi connectivity index (χ1n) is 8.38. The van der Waals surface area contributed by atoms with Crippen molar-refractivity contribution >= 4 is 29.5 Å². The van der Waals surface area contributed by atoms with E-state index in [1.54, 1.807) is 11.0 Å². The van der Waals surface area contributed by atoms with Crippen LogP contribution in [0.3, 0.4) is 0 Å². The quantitative estimate of drug-likeness (QED) is 0.586. The van der Waals surface area contributed by atoms with Crippen LogP contribution in [0, 0.1) is 0 Å². The van der Waals surface area contributed by atoms with Gasteiger partial charge in [-0.1, -0.05) is 12.1 Å². The molecule has 6 heteroatoms. The van der Waals surface area contributed by atoms with E-state index in [2.05, 4.69) is 4.74 Å². The first kappa shape index (κ1) is 18.7. The number of amides is 2. The Morgan fingerprint density at radius 3 is 2.48 bits per heavy atom. The third kappa shape index (κ3) is 4.92. The fourth-order valence-electron chi connectivity index (χ4n) is 2.67. The van der Waals surface area contributed by atoms with E-state index in [0.717, 1.165) is 24.2 Å². The van der Waals surface area contributed by atoms with Gasteiger partial charge in [0.15, 0.2) is 0 Å². The van der Waals surface area contributed by atoms with Crippen molar-refractivity contribution < 1.29 is 19.1 Å². The normalized spacial score (nSPS) is 14.4. The monoisotopic (exact) mass is 344 g/mol. The van der Waals surface area contributed by atoms with Crippen molar-refractivity contribution in [3.05, 3.63) is 35.9 Å². The fourth-order valence-corrected chi connectivity index (χ4v) is 2.67. The Bertz CT molecular complexity index is 665. The third-order valence-electron chi connectivity index (χ3n) is 4.13. The zero-order valence-electron chi connectivity index (χ0n) is 14.9. The summed E-state index contributed by atoms with van der Waals surface area (Å²) >= 11 is 0. The number of hydrogen-bond donors (Lipinski definition) is 0. The summed E-state index contributed by atoms with van der Waals surface area (Å²) in [6.45, 7) is 4.36. The molecule has 0 unspecified atom stereocenters. The second-order valence-corrected chi connectivity index (χ2v) is 6.21. The highest BCUT2D eigenvalue weighted by Gasteiger charge is 2.21. The van der Waals surface area contributed by atoms with Gasteiger partial charge in [0.1, 0.15) is 6.54 Å². The molecule has 1 aliphatic heterocycles. The molecule has 0 N–H and O–H groups in total. The molecule has 25 heavy (non-hydrogen) atoms. The van der Waals surface area contributed by atoms with Crippen LogP contribution in [0.5, 0.6) is 0 Å². The van der Waals surface area contributed by atoms with Gasteiger partial charge in [-0.25, -0.2) is 0 Å². The standard InChI is InChI=1S/C19H24N2O4/c1-14(2)21(13-19(24)25-3)18(23)11-8-15-6-9-16(10-7-15)20-12-4-5-17(20)22/h6-11,14H,4-5,12-13H2,1-3H3/b11-8+. The molecular formula is C19H24N2O4. The molecule has 1 aliphatic rings. The van der Waals surface area contributed by atoms with Crippen LogP contribution in [0.25, 0.3) is 6.08 Å². The number of carbonyl (C=O) groups excluding carboxylic acids is 3. The van der Waals surface area contributed by atoms with Crippen molar-refractivity contribution in [1.29, 1.82) is 0 Å². The summed E-state index contributed by atoms with van der Waals surface area (Å²) in [4.78, 5) is 38.7. The van der Waals surface area contributed by atoms with E-state index >= 15 is 0 Å². The van der Waals surface area contributed by atoms with Gasteiger partial charge in [-0.05, 0) is 44.0 Å². The highest BCUT2D eigenvalue weighted by molar-refractivity contribution is 5.96. The smallest absolute Gasteiger partial charge is 0.325 e. The fraction of sp³-hybridized carbons (Fsp3) is 0.421. The van der Waals surface area contributed by atoms with E-state index < -0.39 is 5.97 Å². The first-order valence-corrected chi connectivity index (χ1v) is 8.38. The number of ether oxygens (including phenoxy) is 1. The predicted octanol–water partition coefficient (Wildman–Crippen LogP) is 2.24. The molecule has 134 valence electrons. The van der Waals surface area contributed by atoms with Crippen LogP contribution in [0.4, 0.5) is 5.69 Å². The highest BCUT2D eigenvalue weighted by atomic mass is 16.5. The maximum absolute atomic E-state index is 12.3. The van der Waals surface area contributed by atoms with E-state index in [4.69, 9.17) is 0 Å². The summed E-state index contributed by atoms with van der Waals surface area (Å²) in [5.41, 5.74) is 1.73. The molecule has 2 amide bonds. The lowest BCUT2D eigenvalue weighted by Crippen LogP contribution is -2.40. The molecular weight excluding hydrogens is 320 g/mol. The number of nitrogens with zero attached hydrogens (tertiary/aromatic N) is 2. The SMILES string of the molecule is COC(=O)CN(C(=O)/C=C/c1ccc(N2CCCC2=O)cc1)C(C)C. The predicted molar refractivity (Wildman–Crippen MR) is 95.9 cm³/mol. The second kappa shape index (κ2) is 8.46. The van der Waals surface area contributed by atoms with Crippen LogP contribution in [0.2, 0.25) is 0 Å². The molecule has 0 saturated carbocycles. The van der Waals surface area contributed by atoms with Gasteiger partial charge in [0.05, 0.1) is 7.11 Å². The van der Waals surface area contributed by atoms with Gasteiger partial charge in [-0.2, -0.15) is 0 Å². The van der Waals surface area contributed by atoms with E-state index in [0.29, 0.717) is 6.42 Å². The molecule has 1 heterocycles. The number of carbonyl (C=O) groups is 3. The third-order valence-corrected chi connectivity index (χ3v) is 4.13. The lowest BCUT2D eigenvalue weighted by molar-refractivity contribution is -0.146. The molecule has 1 aromatic carbocycles. The van der Waals surface area contributed by atoms with E-state index in [9.17, 15) is 14.4 Å². The van der Waals surface area contributed by atoms with E-state index in [-0.39, 0.29) is 24.4 Å². The average molecular weight is 344 g/mol. The van der Waals surface area contributed by atoms with Crippen LogP contribution in [-0.2, 0) is 19.1 Å². The minimum atomic E-state index is -0.449. The van der Waals surface area contributed by atoms with Gasteiger partial charge in [-0.3, -0.25) is 14.4 Å². The maximum atomic E-state index is 12.3. The molecule has 0 bridgehead atoms.